The number of hydrogen-bond acceptors (Lipinski definition) is 5. The van der Waals surface area contributed by atoms with Crippen molar-refractivity contribution in [3.05, 3.63) is 97.1 Å². The quantitative estimate of drug-likeness (QED) is 0.394. The smallest absolute Gasteiger partial charge is 0.346 e. The van der Waals surface area contributed by atoms with Crippen molar-refractivity contribution in [3.63, 3.8) is 0 Å². The number of benzene rings is 2. The zero-order chi connectivity index (χ0) is 23.8. The van der Waals surface area contributed by atoms with Crippen molar-refractivity contribution in [2.75, 3.05) is 6.61 Å². The average Bonchev–Trinajstić information content (AvgIpc) is 3.16. The Kier molecular flexibility index (Phi) is 6.61. The van der Waals surface area contributed by atoms with Gasteiger partial charge in [-0.3, -0.25) is 0 Å². The molecule has 2 heterocycles. The molecule has 4 nitrogen and oxygen atoms in total. The van der Waals surface area contributed by atoms with E-state index in [9.17, 15) is 4.79 Å². The highest BCUT2D eigenvalue weighted by atomic mass is 35.5. The molecule has 2 aliphatic heterocycles. The number of halogens is 2. The van der Waals surface area contributed by atoms with E-state index < -0.39 is 0 Å². The molecule has 0 saturated carbocycles. The highest BCUT2D eigenvalue weighted by Gasteiger charge is 2.42. The first-order valence-corrected chi connectivity index (χ1v) is 12.9. The highest BCUT2D eigenvalue weighted by molar-refractivity contribution is 8.18. The van der Waals surface area contributed by atoms with Crippen LogP contribution in [0.5, 0.6) is 0 Å². The van der Waals surface area contributed by atoms with Crippen LogP contribution >= 0.6 is 35.0 Å². The van der Waals surface area contributed by atoms with Crippen molar-refractivity contribution in [1.29, 1.82) is 0 Å². The number of amidine groups is 1. The summed E-state index contributed by atoms with van der Waals surface area (Å²) in [6, 6.07) is 15.8. The first-order valence-electron chi connectivity index (χ1n) is 11.3. The molecule has 1 aliphatic carbocycles. The molecule has 2 aromatic carbocycles. The predicted molar refractivity (Wildman–Crippen MR) is 141 cm³/mol. The van der Waals surface area contributed by atoms with Gasteiger partial charge in [0, 0.05) is 15.7 Å². The fraction of sp³-hybridized carbons (Fsp3) is 0.259. The first-order chi connectivity index (χ1) is 16.5. The number of rotatable bonds is 4. The average molecular weight is 511 g/mol. The maximum atomic E-state index is 12.7. The summed E-state index contributed by atoms with van der Waals surface area (Å²) in [6.07, 6.45) is 5.14. The Labute approximate surface area is 214 Å². The minimum atomic E-state index is -0.299. The maximum Gasteiger partial charge on any atom is 0.346 e. The number of fused-ring (bicyclic) bond motifs is 1. The number of carbonyl (C=O) groups excluding carboxylic acids is 1. The van der Waals surface area contributed by atoms with Gasteiger partial charge < -0.3 is 9.64 Å². The number of allylic oxidation sites excluding steroid dienone is 2. The minimum absolute atomic E-state index is 0.0480. The number of nitrogens with zero attached hydrogens (tertiary/aromatic N) is 2. The van der Waals surface area contributed by atoms with E-state index in [2.05, 4.69) is 23.1 Å². The third-order valence-corrected chi connectivity index (χ3v) is 7.88. The largest absolute Gasteiger partial charge is 0.462 e. The molecule has 2 aromatic rings. The van der Waals surface area contributed by atoms with E-state index >= 15 is 0 Å². The van der Waals surface area contributed by atoms with Gasteiger partial charge >= 0.3 is 5.97 Å². The highest BCUT2D eigenvalue weighted by Crippen LogP contribution is 2.51. The van der Waals surface area contributed by atoms with Crippen LogP contribution in [0.1, 0.15) is 50.3 Å². The Morgan fingerprint density at radius 3 is 2.47 bits per heavy atom. The lowest BCUT2D eigenvalue weighted by Gasteiger charge is -2.39. The van der Waals surface area contributed by atoms with Crippen molar-refractivity contribution in [2.24, 2.45) is 4.99 Å². The molecule has 174 valence electrons. The van der Waals surface area contributed by atoms with Crippen molar-refractivity contribution in [1.82, 2.24) is 4.90 Å². The number of carbonyl (C=O) groups is 1. The SMILES string of the molecule is CCOC(=O)C1=C(C)N2C(=NC3=C(CCC/C3=C/c3ccc(Cl)cc3)[C@@H]2c2ccc(Cl)cc2)S1. The van der Waals surface area contributed by atoms with Crippen molar-refractivity contribution >= 4 is 52.2 Å². The molecule has 0 saturated heterocycles. The molecule has 5 rings (SSSR count). The second-order valence-corrected chi connectivity index (χ2v) is 10.3. The summed E-state index contributed by atoms with van der Waals surface area (Å²) in [6.45, 7) is 4.14. The van der Waals surface area contributed by atoms with E-state index in [1.165, 1.54) is 22.9 Å². The van der Waals surface area contributed by atoms with Gasteiger partial charge in [0.25, 0.3) is 0 Å². The van der Waals surface area contributed by atoms with Gasteiger partial charge in [-0.25, -0.2) is 9.79 Å². The molecule has 1 atom stereocenters. The van der Waals surface area contributed by atoms with Gasteiger partial charge in [0.05, 0.1) is 18.3 Å². The van der Waals surface area contributed by atoms with E-state index in [-0.39, 0.29) is 12.0 Å². The summed E-state index contributed by atoms with van der Waals surface area (Å²) in [5.41, 5.74) is 6.60. The summed E-state index contributed by atoms with van der Waals surface area (Å²) >= 11 is 13.7. The first kappa shape index (κ1) is 23.3. The molecule has 0 N–H and O–H groups in total. The van der Waals surface area contributed by atoms with Gasteiger partial charge in [0.15, 0.2) is 5.17 Å². The monoisotopic (exact) mass is 510 g/mol. The van der Waals surface area contributed by atoms with E-state index in [0.29, 0.717) is 16.5 Å². The molecule has 0 aromatic heterocycles. The molecular weight excluding hydrogens is 487 g/mol. The second-order valence-electron chi connectivity index (χ2n) is 8.40. The number of aliphatic imine (C=N–C) groups is 1. The van der Waals surface area contributed by atoms with Gasteiger partial charge in [-0.1, -0.05) is 47.5 Å². The minimum Gasteiger partial charge on any atom is -0.462 e. The van der Waals surface area contributed by atoms with Crippen molar-refractivity contribution < 1.29 is 9.53 Å². The summed E-state index contributed by atoms with van der Waals surface area (Å²) < 4.78 is 5.33. The van der Waals surface area contributed by atoms with Crippen molar-refractivity contribution in [2.45, 2.75) is 39.2 Å². The molecule has 0 unspecified atom stereocenters. The number of ether oxygens (including phenoxy) is 1. The lowest BCUT2D eigenvalue weighted by atomic mass is 9.83. The van der Waals surface area contributed by atoms with Crippen LogP contribution in [-0.2, 0) is 9.53 Å². The Morgan fingerprint density at radius 1 is 1.12 bits per heavy atom. The van der Waals surface area contributed by atoms with Gasteiger partial charge in [-0.2, -0.15) is 0 Å². The Bertz CT molecular complexity index is 1260. The summed E-state index contributed by atoms with van der Waals surface area (Å²) in [4.78, 5) is 20.6. The Morgan fingerprint density at radius 2 is 1.79 bits per heavy atom. The third kappa shape index (κ3) is 4.33. The molecule has 0 fully saturated rings. The zero-order valence-electron chi connectivity index (χ0n) is 19.0. The van der Waals surface area contributed by atoms with Crippen LogP contribution in [0.3, 0.4) is 0 Å². The maximum absolute atomic E-state index is 12.7. The number of hydrogen-bond donors (Lipinski definition) is 0. The van der Waals surface area contributed by atoms with Crippen LogP contribution in [0, 0.1) is 0 Å². The van der Waals surface area contributed by atoms with E-state index in [1.54, 1.807) is 0 Å². The molecule has 0 bridgehead atoms. The van der Waals surface area contributed by atoms with Crippen LogP contribution in [0.25, 0.3) is 6.08 Å². The van der Waals surface area contributed by atoms with Crippen LogP contribution in [0.2, 0.25) is 10.0 Å². The predicted octanol–water partition coefficient (Wildman–Crippen LogP) is 7.77. The Hall–Kier alpha value is -2.47. The number of thioether (sulfide) groups is 1. The van der Waals surface area contributed by atoms with E-state index in [0.717, 1.165) is 52.0 Å². The Balaban J connectivity index is 1.64. The summed E-state index contributed by atoms with van der Waals surface area (Å²) in [5, 5.41) is 2.23. The normalized spacial score (nSPS) is 20.9. The van der Waals surface area contributed by atoms with Gasteiger partial charge in [-0.15, -0.1) is 0 Å². The molecule has 0 radical (unpaired) electrons. The van der Waals surface area contributed by atoms with Crippen LogP contribution in [-0.4, -0.2) is 22.6 Å². The van der Waals surface area contributed by atoms with Crippen molar-refractivity contribution in [3.8, 4) is 0 Å². The fourth-order valence-corrected chi connectivity index (χ4v) is 6.00. The fourth-order valence-electron chi connectivity index (χ4n) is 4.70. The van der Waals surface area contributed by atoms with Gasteiger partial charge in [-0.05, 0) is 97.5 Å². The van der Waals surface area contributed by atoms with Crippen LogP contribution < -0.4 is 0 Å². The second kappa shape index (κ2) is 9.65. The summed E-state index contributed by atoms with van der Waals surface area (Å²) in [5.74, 6) is -0.299. The number of esters is 1. The molecule has 34 heavy (non-hydrogen) atoms. The molecule has 0 spiro atoms. The standard InChI is InChI=1S/C27H24Cl2N2O2S/c1-3-33-26(32)25-16(2)31-24(18-9-13-21(29)14-10-18)22-6-4-5-19(23(22)30-27(31)34-25)15-17-7-11-20(28)12-8-17/h7-15,24H,3-6H2,1-2H3/b19-15-/t24-/m0/s1. The summed E-state index contributed by atoms with van der Waals surface area (Å²) in [7, 11) is 0. The third-order valence-electron chi connectivity index (χ3n) is 6.24. The van der Waals surface area contributed by atoms with Gasteiger partial charge in [0.2, 0.25) is 0 Å². The van der Waals surface area contributed by atoms with Gasteiger partial charge in [0.1, 0.15) is 4.91 Å². The van der Waals surface area contributed by atoms with E-state index in [4.69, 9.17) is 32.9 Å². The van der Waals surface area contributed by atoms with Crippen LogP contribution in [0.4, 0.5) is 0 Å². The zero-order valence-corrected chi connectivity index (χ0v) is 21.3. The molecular formula is C27H24Cl2N2O2S. The van der Waals surface area contributed by atoms with E-state index in [1.807, 2.05) is 50.2 Å². The molecule has 3 aliphatic rings. The molecule has 7 heteroatoms. The lowest BCUT2D eigenvalue weighted by Crippen LogP contribution is -2.34. The lowest BCUT2D eigenvalue weighted by molar-refractivity contribution is -0.137. The molecule has 0 amide bonds. The van der Waals surface area contributed by atoms with Crippen LogP contribution in [0.15, 0.2) is 81.0 Å². The topological polar surface area (TPSA) is 41.9 Å².